The van der Waals surface area contributed by atoms with Gasteiger partial charge in [-0.05, 0) is 36.8 Å². The highest BCUT2D eigenvalue weighted by atomic mass is 15.1. The fraction of sp³-hybridized carbons (Fsp3) is 0.500. The number of hydrogen-bond acceptors (Lipinski definition) is 1. The number of benzene rings is 1. The highest BCUT2D eigenvalue weighted by molar-refractivity contribution is 5.57. The fourth-order valence-electron chi connectivity index (χ4n) is 2.77. The molecule has 4 rings (SSSR count). The molecule has 1 saturated heterocycles. The van der Waals surface area contributed by atoms with Crippen molar-refractivity contribution in [3.63, 3.8) is 0 Å². The third-order valence-corrected chi connectivity index (χ3v) is 3.45. The van der Waals surface area contributed by atoms with E-state index in [1.165, 1.54) is 38.0 Å². The lowest BCUT2D eigenvalue weighted by atomic mass is 9.89. The maximum atomic E-state index is 2.55. The van der Waals surface area contributed by atoms with Crippen LogP contribution < -0.4 is 4.90 Å². The Morgan fingerprint density at radius 1 is 1.08 bits per heavy atom. The second-order valence-electron chi connectivity index (χ2n) is 4.17. The number of para-hydroxylation sites is 1. The Kier molecular flexibility index (Phi) is 1.58. The van der Waals surface area contributed by atoms with Gasteiger partial charge >= 0.3 is 0 Å². The molecule has 13 heavy (non-hydrogen) atoms. The predicted octanol–water partition coefficient (Wildman–Crippen LogP) is 2.77. The van der Waals surface area contributed by atoms with Crippen LogP contribution in [0.25, 0.3) is 0 Å². The van der Waals surface area contributed by atoms with Gasteiger partial charge in [0.1, 0.15) is 0 Å². The van der Waals surface area contributed by atoms with Crippen molar-refractivity contribution in [2.75, 3.05) is 18.0 Å². The van der Waals surface area contributed by atoms with Crippen LogP contribution in [0, 0.1) is 0 Å². The van der Waals surface area contributed by atoms with Gasteiger partial charge in [-0.1, -0.05) is 18.2 Å². The van der Waals surface area contributed by atoms with Gasteiger partial charge in [0, 0.05) is 18.8 Å². The molecular formula is C12H15N. The first-order chi connectivity index (χ1) is 6.45. The molecule has 0 spiro atoms. The van der Waals surface area contributed by atoms with Gasteiger partial charge in [0.15, 0.2) is 0 Å². The average molecular weight is 173 g/mol. The predicted molar refractivity (Wildman–Crippen MR) is 55.2 cm³/mol. The molecule has 0 radical (unpaired) electrons. The maximum absolute atomic E-state index is 2.55. The first kappa shape index (κ1) is 7.43. The summed E-state index contributed by atoms with van der Waals surface area (Å²) < 4.78 is 0. The van der Waals surface area contributed by atoms with Crippen molar-refractivity contribution >= 4 is 5.69 Å². The molecule has 0 saturated carbocycles. The van der Waals surface area contributed by atoms with E-state index < -0.39 is 0 Å². The number of hydrogen-bond donors (Lipinski definition) is 0. The molecule has 1 atom stereocenters. The molecule has 3 aliphatic rings. The third kappa shape index (κ3) is 1.06. The summed E-state index contributed by atoms with van der Waals surface area (Å²) in [4.78, 5) is 2.55. The molecular weight excluding hydrogens is 158 g/mol. The molecule has 0 amide bonds. The highest BCUT2D eigenvalue weighted by Crippen LogP contribution is 2.40. The molecule has 1 heteroatoms. The van der Waals surface area contributed by atoms with E-state index in [-0.39, 0.29) is 0 Å². The van der Waals surface area contributed by atoms with Gasteiger partial charge in [-0.2, -0.15) is 0 Å². The molecule has 3 aliphatic heterocycles. The minimum atomic E-state index is 0.856. The third-order valence-electron chi connectivity index (χ3n) is 3.45. The van der Waals surface area contributed by atoms with Crippen LogP contribution in [-0.2, 0) is 0 Å². The van der Waals surface area contributed by atoms with E-state index in [0.29, 0.717) is 0 Å². The summed E-state index contributed by atoms with van der Waals surface area (Å²) in [6.45, 7) is 2.55. The zero-order chi connectivity index (χ0) is 8.67. The van der Waals surface area contributed by atoms with Gasteiger partial charge in [0.05, 0.1) is 0 Å². The van der Waals surface area contributed by atoms with E-state index >= 15 is 0 Å². The molecule has 1 aromatic carbocycles. The lowest BCUT2D eigenvalue weighted by Crippen LogP contribution is -2.28. The van der Waals surface area contributed by atoms with Crippen molar-refractivity contribution in [1.29, 1.82) is 0 Å². The Morgan fingerprint density at radius 2 is 2.00 bits per heavy atom. The summed E-state index contributed by atoms with van der Waals surface area (Å²) in [7, 11) is 0. The topological polar surface area (TPSA) is 3.24 Å². The molecule has 2 bridgehead atoms. The van der Waals surface area contributed by atoms with Crippen molar-refractivity contribution in [2.45, 2.75) is 25.2 Å². The summed E-state index contributed by atoms with van der Waals surface area (Å²) in [5, 5.41) is 0. The molecule has 0 aromatic heterocycles. The van der Waals surface area contributed by atoms with E-state index in [0.717, 1.165) is 5.92 Å². The SMILES string of the molecule is c1ccc2c(c1)C1CCCN2CC1. The Balaban J connectivity index is 2.15. The summed E-state index contributed by atoms with van der Waals surface area (Å²) in [5.74, 6) is 0.856. The number of rotatable bonds is 0. The normalized spacial score (nSPS) is 25.5. The summed E-state index contributed by atoms with van der Waals surface area (Å²) in [5.41, 5.74) is 3.11. The van der Waals surface area contributed by atoms with Crippen LogP contribution in [0.1, 0.15) is 30.7 Å². The maximum Gasteiger partial charge on any atom is 0.0401 e. The van der Waals surface area contributed by atoms with E-state index in [2.05, 4.69) is 29.2 Å². The van der Waals surface area contributed by atoms with Crippen molar-refractivity contribution in [1.82, 2.24) is 0 Å². The molecule has 0 N–H and O–H groups in total. The first-order valence-corrected chi connectivity index (χ1v) is 5.29. The monoisotopic (exact) mass is 173 g/mol. The van der Waals surface area contributed by atoms with Crippen LogP contribution in [0.3, 0.4) is 0 Å². The standard InChI is InChI=1S/C12H15N/c1-2-6-12-11(5-1)10-4-3-8-13(12)9-7-10/h1-2,5-6,10H,3-4,7-9H2. The molecule has 68 valence electrons. The van der Waals surface area contributed by atoms with E-state index in [1.807, 2.05) is 0 Å². The van der Waals surface area contributed by atoms with Gasteiger partial charge in [0.25, 0.3) is 0 Å². The molecule has 1 nitrogen and oxygen atoms in total. The first-order valence-electron chi connectivity index (χ1n) is 5.29. The van der Waals surface area contributed by atoms with Gasteiger partial charge < -0.3 is 4.90 Å². The minimum absolute atomic E-state index is 0.856. The largest absolute Gasteiger partial charge is 0.371 e. The summed E-state index contributed by atoms with van der Waals surface area (Å²) in [6.07, 6.45) is 4.14. The summed E-state index contributed by atoms with van der Waals surface area (Å²) in [6, 6.07) is 8.95. The Bertz CT molecular complexity index is 284. The van der Waals surface area contributed by atoms with Crippen molar-refractivity contribution in [2.24, 2.45) is 0 Å². The molecule has 1 aromatic rings. The van der Waals surface area contributed by atoms with Crippen molar-refractivity contribution in [3.05, 3.63) is 29.8 Å². The van der Waals surface area contributed by atoms with Crippen LogP contribution >= 0.6 is 0 Å². The van der Waals surface area contributed by atoms with Gasteiger partial charge in [-0.3, -0.25) is 0 Å². The number of nitrogens with zero attached hydrogens (tertiary/aromatic N) is 1. The van der Waals surface area contributed by atoms with Crippen LogP contribution in [0.15, 0.2) is 24.3 Å². The Hall–Kier alpha value is -0.980. The molecule has 0 aliphatic carbocycles. The van der Waals surface area contributed by atoms with Gasteiger partial charge in [-0.25, -0.2) is 0 Å². The lowest BCUT2D eigenvalue weighted by Gasteiger charge is -2.31. The number of fused-ring (bicyclic) bond motifs is 3. The second-order valence-corrected chi connectivity index (χ2v) is 4.17. The van der Waals surface area contributed by atoms with Gasteiger partial charge in [-0.15, -0.1) is 0 Å². The van der Waals surface area contributed by atoms with E-state index in [4.69, 9.17) is 0 Å². The lowest BCUT2D eigenvalue weighted by molar-refractivity contribution is 0.601. The Morgan fingerprint density at radius 3 is 3.00 bits per heavy atom. The van der Waals surface area contributed by atoms with Crippen LogP contribution in [0.2, 0.25) is 0 Å². The zero-order valence-electron chi connectivity index (χ0n) is 7.87. The van der Waals surface area contributed by atoms with E-state index in [1.54, 1.807) is 5.56 Å². The fourth-order valence-corrected chi connectivity index (χ4v) is 2.77. The summed E-state index contributed by atoms with van der Waals surface area (Å²) >= 11 is 0. The van der Waals surface area contributed by atoms with E-state index in [9.17, 15) is 0 Å². The van der Waals surface area contributed by atoms with Crippen LogP contribution in [0.4, 0.5) is 5.69 Å². The van der Waals surface area contributed by atoms with Crippen LogP contribution in [0.5, 0.6) is 0 Å². The molecule has 3 heterocycles. The molecule has 1 fully saturated rings. The van der Waals surface area contributed by atoms with Crippen molar-refractivity contribution < 1.29 is 0 Å². The Labute approximate surface area is 79.4 Å². The minimum Gasteiger partial charge on any atom is -0.371 e. The quantitative estimate of drug-likeness (QED) is 0.583. The zero-order valence-corrected chi connectivity index (χ0v) is 7.87. The number of anilines is 1. The second kappa shape index (κ2) is 2.76. The highest BCUT2D eigenvalue weighted by Gasteiger charge is 2.27. The smallest absolute Gasteiger partial charge is 0.0401 e. The van der Waals surface area contributed by atoms with Crippen LogP contribution in [-0.4, -0.2) is 13.1 Å². The molecule has 1 unspecified atom stereocenters. The van der Waals surface area contributed by atoms with Crippen molar-refractivity contribution in [3.8, 4) is 0 Å². The van der Waals surface area contributed by atoms with Gasteiger partial charge in [0.2, 0.25) is 0 Å². The average Bonchev–Trinajstić information content (AvgIpc) is 2.52.